The van der Waals surface area contributed by atoms with Crippen LogP contribution < -0.4 is 5.73 Å². The van der Waals surface area contributed by atoms with E-state index in [0.717, 1.165) is 11.1 Å². The third kappa shape index (κ3) is 3.36. The number of rotatable bonds is 3. The van der Waals surface area contributed by atoms with Crippen LogP contribution in [0.2, 0.25) is 0 Å². The van der Waals surface area contributed by atoms with Crippen LogP contribution in [-0.4, -0.2) is 15.7 Å². The van der Waals surface area contributed by atoms with Crippen molar-refractivity contribution >= 4 is 16.8 Å². The predicted molar refractivity (Wildman–Crippen MR) is 105 cm³/mol. The molecule has 2 aromatic carbocycles. The molecule has 0 radical (unpaired) electrons. The van der Waals surface area contributed by atoms with Gasteiger partial charge in [-0.05, 0) is 42.5 Å². The lowest BCUT2D eigenvalue weighted by Crippen LogP contribution is -2.11. The fraction of sp³-hybridized carbons (Fsp3) is 0.364. The fourth-order valence-electron chi connectivity index (χ4n) is 4.07. The summed E-state index contributed by atoms with van der Waals surface area (Å²) in [4.78, 5) is 11.6. The zero-order chi connectivity index (χ0) is 17.9. The second-order valence-electron chi connectivity index (χ2n) is 7.31. The van der Waals surface area contributed by atoms with E-state index in [2.05, 4.69) is 29.4 Å². The molecule has 0 aliphatic heterocycles. The molecule has 4 rings (SSSR count). The molecular formula is C22H25N3O. The minimum atomic E-state index is -0.444. The van der Waals surface area contributed by atoms with Crippen molar-refractivity contribution in [2.45, 2.75) is 50.9 Å². The lowest BCUT2D eigenvalue weighted by molar-refractivity contribution is 0.100. The molecule has 3 aromatic rings. The highest BCUT2D eigenvalue weighted by Crippen LogP contribution is 2.31. The smallest absolute Gasteiger partial charge is 0.250 e. The van der Waals surface area contributed by atoms with Crippen LogP contribution in [0.5, 0.6) is 0 Å². The van der Waals surface area contributed by atoms with Gasteiger partial charge in [-0.2, -0.15) is 5.10 Å². The molecule has 0 unspecified atom stereocenters. The number of fused-ring (bicyclic) bond motifs is 1. The lowest BCUT2D eigenvalue weighted by atomic mass is 9.86. The summed E-state index contributed by atoms with van der Waals surface area (Å²) in [5.74, 6) is 0.239. The van der Waals surface area contributed by atoms with Gasteiger partial charge in [0.05, 0.1) is 11.3 Å². The summed E-state index contributed by atoms with van der Waals surface area (Å²) in [7, 11) is 0. The van der Waals surface area contributed by atoms with Crippen molar-refractivity contribution in [3.8, 4) is 5.69 Å². The number of hydrogen-bond acceptors (Lipinski definition) is 2. The number of primary amides is 1. The largest absolute Gasteiger partial charge is 0.366 e. The molecule has 1 saturated carbocycles. The Morgan fingerprint density at radius 3 is 2.35 bits per heavy atom. The predicted octanol–water partition coefficient (Wildman–Crippen LogP) is 4.95. The van der Waals surface area contributed by atoms with Crippen LogP contribution >= 0.6 is 0 Å². The molecule has 0 bridgehead atoms. The second kappa shape index (κ2) is 7.32. The van der Waals surface area contributed by atoms with Gasteiger partial charge in [0.2, 0.25) is 0 Å². The Balaban J connectivity index is 1.61. The minimum Gasteiger partial charge on any atom is -0.366 e. The van der Waals surface area contributed by atoms with Crippen molar-refractivity contribution < 1.29 is 4.79 Å². The summed E-state index contributed by atoms with van der Waals surface area (Å²) in [6, 6.07) is 14.2. The van der Waals surface area contributed by atoms with Gasteiger partial charge in [-0.25, -0.2) is 4.68 Å². The number of aromatic nitrogens is 2. The van der Waals surface area contributed by atoms with E-state index in [1.54, 1.807) is 6.07 Å². The van der Waals surface area contributed by atoms with Crippen molar-refractivity contribution in [2.24, 2.45) is 5.73 Å². The van der Waals surface area contributed by atoms with Gasteiger partial charge in [0.15, 0.2) is 0 Å². The summed E-state index contributed by atoms with van der Waals surface area (Å²) < 4.78 is 1.83. The zero-order valence-corrected chi connectivity index (χ0v) is 15.0. The van der Waals surface area contributed by atoms with E-state index in [-0.39, 0.29) is 0 Å². The van der Waals surface area contributed by atoms with Crippen LogP contribution in [-0.2, 0) is 0 Å². The third-order valence-corrected chi connectivity index (χ3v) is 5.54. The van der Waals surface area contributed by atoms with Crippen LogP contribution in [0, 0.1) is 0 Å². The SMILES string of the molecule is NC(=O)c1cccc2cn(-c3ccc(C4CCCCCCC4)cc3)nc12. The van der Waals surface area contributed by atoms with Gasteiger partial charge >= 0.3 is 0 Å². The third-order valence-electron chi connectivity index (χ3n) is 5.54. The van der Waals surface area contributed by atoms with Gasteiger partial charge in [-0.1, -0.05) is 56.4 Å². The van der Waals surface area contributed by atoms with E-state index in [1.165, 1.54) is 50.5 Å². The fourth-order valence-corrected chi connectivity index (χ4v) is 4.07. The number of carbonyl (C=O) groups excluding carboxylic acids is 1. The van der Waals surface area contributed by atoms with Gasteiger partial charge in [0.25, 0.3) is 5.91 Å². The molecule has 0 spiro atoms. The van der Waals surface area contributed by atoms with E-state index in [1.807, 2.05) is 23.0 Å². The molecule has 0 atom stereocenters. The first-order valence-corrected chi connectivity index (χ1v) is 9.61. The maximum Gasteiger partial charge on any atom is 0.250 e. The van der Waals surface area contributed by atoms with Gasteiger partial charge < -0.3 is 5.73 Å². The molecule has 26 heavy (non-hydrogen) atoms. The van der Waals surface area contributed by atoms with E-state index >= 15 is 0 Å². The molecule has 1 amide bonds. The highest BCUT2D eigenvalue weighted by Gasteiger charge is 2.14. The minimum absolute atomic E-state index is 0.444. The molecule has 2 N–H and O–H groups in total. The average molecular weight is 347 g/mol. The summed E-state index contributed by atoms with van der Waals surface area (Å²) in [5, 5.41) is 5.51. The Labute approximate surface area is 154 Å². The normalized spacial score (nSPS) is 16.3. The second-order valence-corrected chi connectivity index (χ2v) is 7.31. The standard InChI is InChI=1S/C22H25N3O/c23-22(26)20-10-6-9-18-15-25(24-21(18)20)19-13-11-17(12-14-19)16-7-4-2-1-3-5-8-16/h6,9-16H,1-5,7-8H2,(H2,23,26). The van der Waals surface area contributed by atoms with Gasteiger partial charge in [-0.3, -0.25) is 4.79 Å². The summed E-state index contributed by atoms with van der Waals surface area (Å²) in [6.07, 6.45) is 11.4. The Bertz CT molecular complexity index is 903. The average Bonchev–Trinajstić information content (AvgIpc) is 3.05. The van der Waals surface area contributed by atoms with Crippen LogP contribution in [0.1, 0.15) is 66.8 Å². The Hall–Kier alpha value is -2.62. The molecule has 1 aliphatic carbocycles. The van der Waals surface area contributed by atoms with E-state index in [0.29, 0.717) is 17.0 Å². The number of amides is 1. The number of carbonyl (C=O) groups is 1. The zero-order valence-electron chi connectivity index (χ0n) is 15.0. The molecule has 4 nitrogen and oxygen atoms in total. The van der Waals surface area contributed by atoms with Gasteiger partial charge in [0.1, 0.15) is 5.52 Å². The maximum absolute atomic E-state index is 11.6. The first-order valence-electron chi connectivity index (χ1n) is 9.61. The van der Waals surface area contributed by atoms with Crippen LogP contribution in [0.3, 0.4) is 0 Å². The topological polar surface area (TPSA) is 60.9 Å². The lowest BCUT2D eigenvalue weighted by Gasteiger charge is -2.20. The summed E-state index contributed by atoms with van der Waals surface area (Å²) >= 11 is 0. The molecule has 1 aromatic heterocycles. The molecule has 4 heteroatoms. The van der Waals surface area contributed by atoms with Gasteiger partial charge in [-0.15, -0.1) is 0 Å². The number of benzene rings is 2. The van der Waals surface area contributed by atoms with Crippen LogP contribution in [0.4, 0.5) is 0 Å². The Morgan fingerprint density at radius 2 is 1.65 bits per heavy atom. The summed E-state index contributed by atoms with van der Waals surface area (Å²) in [5.41, 5.74) is 9.03. The molecule has 1 heterocycles. The Kier molecular flexibility index (Phi) is 4.74. The number of nitrogens with two attached hydrogens (primary N) is 1. The summed E-state index contributed by atoms with van der Waals surface area (Å²) in [6.45, 7) is 0. The first kappa shape index (κ1) is 16.8. The molecular weight excluding hydrogens is 322 g/mol. The Morgan fingerprint density at radius 1 is 0.962 bits per heavy atom. The van der Waals surface area contributed by atoms with Crippen molar-refractivity contribution in [3.63, 3.8) is 0 Å². The molecule has 1 fully saturated rings. The van der Waals surface area contributed by atoms with E-state index in [4.69, 9.17) is 5.73 Å². The van der Waals surface area contributed by atoms with Crippen molar-refractivity contribution in [1.82, 2.24) is 9.78 Å². The molecule has 0 saturated heterocycles. The maximum atomic E-state index is 11.6. The highest BCUT2D eigenvalue weighted by atomic mass is 16.1. The van der Waals surface area contributed by atoms with E-state index < -0.39 is 5.91 Å². The quantitative estimate of drug-likeness (QED) is 0.728. The monoisotopic (exact) mass is 347 g/mol. The molecule has 134 valence electrons. The van der Waals surface area contributed by atoms with Gasteiger partial charge in [0, 0.05) is 11.6 Å². The highest BCUT2D eigenvalue weighted by molar-refractivity contribution is 6.04. The first-order chi connectivity index (χ1) is 12.7. The van der Waals surface area contributed by atoms with E-state index in [9.17, 15) is 4.79 Å². The van der Waals surface area contributed by atoms with Crippen molar-refractivity contribution in [1.29, 1.82) is 0 Å². The number of nitrogens with zero attached hydrogens (tertiary/aromatic N) is 2. The van der Waals surface area contributed by atoms with Crippen molar-refractivity contribution in [3.05, 3.63) is 59.8 Å². The van der Waals surface area contributed by atoms with Crippen LogP contribution in [0.25, 0.3) is 16.6 Å². The van der Waals surface area contributed by atoms with Crippen LogP contribution in [0.15, 0.2) is 48.7 Å². The van der Waals surface area contributed by atoms with Crippen molar-refractivity contribution in [2.75, 3.05) is 0 Å². The number of hydrogen-bond donors (Lipinski definition) is 1. The molecule has 1 aliphatic rings.